The van der Waals surface area contributed by atoms with Gasteiger partial charge in [0.25, 0.3) is 0 Å². The molecule has 13 heavy (non-hydrogen) atoms. The molecule has 0 aromatic heterocycles. The lowest BCUT2D eigenvalue weighted by Gasteiger charge is -2.25. The van der Waals surface area contributed by atoms with Crippen molar-refractivity contribution in [2.24, 2.45) is 17.8 Å². The van der Waals surface area contributed by atoms with Crippen molar-refractivity contribution >= 4 is 0 Å². The maximum atomic E-state index is 3.52. The molecule has 2 saturated heterocycles. The lowest BCUT2D eigenvalue weighted by Crippen LogP contribution is -2.33. The van der Waals surface area contributed by atoms with Crippen molar-refractivity contribution in [3.8, 4) is 0 Å². The van der Waals surface area contributed by atoms with Crippen LogP contribution in [0.4, 0.5) is 0 Å². The van der Waals surface area contributed by atoms with Gasteiger partial charge in [0, 0.05) is 12.6 Å². The van der Waals surface area contributed by atoms with Crippen molar-refractivity contribution in [3.63, 3.8) is 0 Å². The van der Waals surface area contributed by atoms with Crippen LogP contribution in [0, 0.1) is 17.8 Å². The van der Waals surface area contributed by atoms with Gasteiger partial charge in [-0.2, -0.15) is 0 Å². The number of nitrogens with one attached hydrogen (secondary N) is 1. The van der Waals surface area contributed by atoms with Crippen molar-refractivity contribution in [2.45, 2.75) is 26.3 Å². The largest absolute Gasteiger partial charge is 0.316 e. The second-order valence-corrected chi connectivity index (χ2v) is 5.22. The summed E-state index contributed by atoms with van der Waals surface area (Å²) < 4.78 is 0. The minimum Gasteiger partial charge on any atom is -0.316 e. The van der Waals surface area contributed by atoms with E-state index in [1.807, 2.05) is 0 Å². The van der Waals surface area contributed by atoms with Crippen LogP contribution in [0.5, 0.6) is 0 Å². The minimum atomic E-state index is 0.840. The Morgan fingerprint density at radius 3 is 2.85 bits per heavy atom. The van der Waals surface area contributed by atoms with E-state index in [1.54, 1.807) is 0 Å². The molecule has 1 N–H and O–H groups in total. The van der Waals surface area contributed by atoms with Crippen molar-refractivity contribution in [1.29, 1.82) is 0 Å². The first kappa shape index (κ1) is 9.47. The highest BCUT2D eigenvalue weighted by atomic mass is 15.2. The number of likely N-dealkylation sites (tertiary alicyclic amines) is 1. The third-order valence-electron chi connectivity index (χ3n) is 3.69. The predicted molar refractivity (Wildman–Crippen MR) is 55.7 cm³/mol. The molecule has 2 heterocycles. The zero-order valence-corrected chi connectivity index (χ0v) is 9.09. The van der Waals surface area contributed by atoms with E-state index in [2.05, 4.69) is 31.1 Å². The smallest absolute Gasteiger partial charge is 0.0139 e. The molecule has 2 aliphatic heterocycles. The molecule has 0 bridgehead atoms. The molecule has 3 atom stereocenters. The molecule has 2 heteroatoms. The first-order chi connectivity index (χ1) is 6.18. The summed E-state index contributed by atoms with van der Waals surface area (Å²) in [5.74, 6) is 2.72. The van der Waals surface area contributed by atoms with E-state index < -0.39 is 0 Å². The fraction of sp³-hybridized carbons (Fsp3) is 1.00. The van der Waals surface area contributed by atoms with Gasteiger partial charge in [0.1, 0.15) is 0 Å². The summed E-state index contributed by atoms with van der Waals surface area (Å²) in [6, 6.07) is 0.847. The Balaban J connectivity index is 1.99. The molecule has 0 radical (unpaired) electrons. The number of fused-ring (bicyclic) bond motifs is 1. The third kappa shape index (κ3) is 1.75. The highest BCUT2D eigenvalue weighted by Crippen LogP contribution is 2.34. The molecule has 76 valence electrons. The predicted octanol–water partition coefficient (Wildman–Crippen LogP) is 1.18. The molecular formula is C11H22N2. The second-order valence-electron chi connectivity index (χ2n) is 5.22. The maximum Gasteiger partial charge on any atom is 0.0139 e. The van der Waals surface area contributed by atoms with Gasteiger partial charge in [-0.05, 0) is 44.3 Å². The van der Waals surface area contributed by atoms with Crippen LogP contribution >= 0.6 is 0 Å². The summed E-state index contributed by atoms with van der Waals surface area (Å²) in [5, 5.41) is 3.52. The number of rotatable bonds is 2. The molecule has 2 aliphatic rings. The number of hydrogen-bond donors (Lipinski definition) is 1. The molecule has 0 aromatic rings. The quantitative estimate of drug-likeness (QED) is 0.690. The van der Waals surface area contributed by atoms with Crippen LogP contribution in [0.15, 0.2) is 0 Å². The van der Waals surface area contributed by atoms with Gasteiger partial charge in [0.15, 0.2) is 0 Å². The monoisotopic (exact) mass is 182 g/mol. The first-order valence-electron chi connectivity index (χ1n) is 5.59. The van der Waals surface area contributed by atoms with Gasteiger partial charge in [-0.1, -0.05) is 13.8 Å². The van der Waals surface area contributed by atoms with Gasteiger partial charge < -0.3 is 10.2 Å². The summed E-state index contributed by atoms with van der Waals surface area (Å²) in [5.41, 5.74) is 0. The van der Waals surface area contributed by atoms with Gasteiger partial charge in [0.05, 0.1) is 0 Å². The first-order valence-corrected chi connectivity index (χ1v) is 5.59. The molecule has 0 saturated carbocycles. The molecule has 0 aliphatic carbocycles. The minimum absolute atomic E-state index is 0.840. The number of nitrogens with zero attached hydrogens (tertiary/aromatic N) is 1. The molecule has 2 nitrogen and oxygen atoms in total. The van der Waals surface area contributed by atoms with E-state index in [9.17, 15) is 0 Å². The molecule has 2 rings (SSSR count). The average molecular weight is 182 g/mol. The van der Waals surface area contributed by atoms with Gasteiger partial charge in [-0.15, -0.1) is 0 Å². The van der Waals surface area contributed by atoms with Crippen LogP contribution in [0.1, 0.15) is 20.3 Å². The normalized spacial score (nSPS) is 40.2. The summed E-state index contributed by atoms with van der Waals surface area (Å²) in [6.45, 7) is 8.50. The van der Waals surface area contributed by atoms with E-state index in [1.165, 1.54) is 26.1 Å². The van der Waals surface area contributed by atoms with E-state index in [-0.39, 0.29) is 0 Å². The van der Waals surface area contributed by atoms with Gasteiger partial charge >= 0.3 is 0 Å². The Labute approximate surface area is 81.7 Å². The SMILES string of the molecule is CC(C)CC1C2CNCC2CN1C. The molecule has 2 fully saturated rings. The zero-order valence-electron chi connectivity index (χ0n) is 9.09. The van der Waals surface area contributed by atoms with Crippen LogP contribution in [0.3, 0.4) is 0 Å². The lowest BCUT2D eigenvalue weighted by atomic mass is 9.89. The standard InChI is InChI=1S/C11H22N2/c1-8(2)4-11-10-6-12-5-9(10)7-13(11)3/h8-12H,4-7H2,1-3H3. The molecule has 3 unspecified atom stereocenters. The Bertz CT molecular complexity index is 179. The second kappa shape index (κ2) is 3.58. The Hall–Kier alpha value is -0.0800. The zero-order chi connectivity index (χ0) is 9.42. The van der Waals surface area contributed by atoms with Crippen LogP contribution < -0.4 is 5.32 Å². The van der Waals surface area contributed by atoms with Crippen LogP contribution in [-0.2, 0) is 0 Å². The van der Waals surface area contributed by atoms with E-state index in [0.717, 1.165) is 23.8 Å². The third-order valence-corrected chi connectivity index (χ3v) is 3.69. The van der Waals surface area contributed by atoms with Crippen LogP contribution in [-0.4, -0.2) is 37.6 Å². The van der Waals surface area contributed by atoms with Crippen molar-refractivity contribution in [1.82, 2.24) is 10.2 Å². The summed E-state index contributed by atoms with van der Waals surface area (Å²) in [4.78, 5) is 2.58. The molecule has 0 spiro atoms. The van der Waals surface area contributed by atoms with Crippen molar-refractivity contribution < 1.29 is 0 Å². The van der Waals surface area contributed by atoms with Gasteiger partial charge in [-0.3, -0.25) is 0 Å². The van der Waals surface area contributed by atoms with E-state index in [0.29, 0.717) is 0 Å². The molecule has 0 amide bonds. The number of hydrogen-bond acceptors (Lipinski definition) is 2. The fourth-order valence-electron chi connectivity index (χ4n) is 3.07. The Morgan fingerprint density at radius 1 is 1.38 bits per heavy atom. The fourth-order valence-corrected chi connectivity index (χ4v) is 3.07. The highest BCUT2D eigenvalue weighted by molar-refractivity contribution is 4.97. The summed E-state index contributed by atoms with van der Waals surface area (Å²) >= 11 is 0. The van der Waals surface area contributed by atoms with Crippen molar-refractivity contribution in [3.05, 3.63) is 0 Å². The van der Waals surface area contributed by atoms with Crippen LogP contribution in [0.25, 0.3) is 0 Å². The summed E-state index contributed by atoms with van der Waals surface area (Å²) in [7, 11) is 2.30. The average Bonchev–Trinajstić information content (AvgIpc) is 2.55. The highest BCUT2D eigenvalue weighted by Gasteiger charge is 2.42. The van der Waals surface area contributed by atoms with E-state index >= 15 is 0 Å². The maximum absolute atomic E-state index is 3.52. The van der Waals surface area contributed by atoms with Gasteiger partial charge in [-0.25, -0.2) is 0 Å². The summed E-state index contributed by atoms with van der Waals surface area (Å²) in [6.07, 6.45) is 1.37. The van der Waals surface area contributed by atoms with Gasteiger partial charge in [0.2, 0.25) is 0 Å². The Morgan fingerprint density at radius 2 is 2.15 bits per heavy atom. The van der Waals surface area contributed by atoms with Crippen molar-refractivity contribution in [2.75, 3.05) is 26.7 Å². The lowest BCUT2D eigenvalue weighted by molar-refractivity contribution is 0.235. The molecule has 0 aromatic carbocycles. The topological polar surface area (TPSA) is 15.3 Å². The van der Waals surface area contributed by atoms with E-state index in [4.69, 9.17) is 0 Å². The molecular weight excluding hydrogens is 160 g/mol. The van der Waals surface area contributed by atoms with Crippen LogP contribution in [0.2, 0.25) is 0 Å². The Kier molecular flexibility index (Phi) is 2.61.